The first-order valence-electron chi connectivity index (χ1n) is 11.8. The van der Waals surface area contributed by atoms with Crippen LogP contribution < -0.4 is 0 Å². The van der Waals surface area contributed by atoms with E-state index in [1.54, 1.807) is 0 Å². The fourth-order valence-electron chi connectivity index (χ4n) is 5.98. The van der Waals surface area contributed by atoms with E-state index < -0.39 is 0 Å². The zero-order valence-electron chi connectivity index (χ0n) is 19.0. The van der Waals surface area contributed by atoms with Crippen LogP contribution in [0.4, 0.5) is 0 Å². The summed E-state index contributed by atoms with van der Waals surface area (Å²) >= 11 is 0. The van der Waals surface area contributed by atoms with Crippen molar-refractivity contribution in [2.75, 3.05) is 0 Å². The van der Waals surface area contributed by atoms with E-state index in [0.717, 1.165) is 31.3 Å². The van der Waals surface area contributed by atoms with Crippen LogP contribution >= 0.6 is 0 Å². The second kappa shape index (κ2) is 10.1. The molecule has 1 saturated carbocycles. The standard InChI is InChI=1S/C25H42O3/c1-7-9-10-11-13-15(3)21-23(19(26)12-8-2)20-17(5)14-16(4)18(6)22(20)25(28)24(21)27/h15-18,20,22-23,27H,7-14H2,1-6H3/t15-,16-,17+,18-,20-,22-,23?/m1/s1. The molecule has 1 fully saturated rings. The van der Waals surface area contributed by atoms with Crippen LogP contribution in [0.2, 0.25) is 0 Å². The molecule has 0 spiro atoms. The summed E-state index contributed by atoms with van der Waals surface area (Å²) < 4.78 is 0. The summed E-state index contributed by atoms with van der Waals surface area (Å²) in [4.78, 5) is 26.5. The Hall–Kier alpha value is -1.12. The number of ketones is 2. The lowest BCUT2D eigenvalue weighted by Crippen LogP contribution is -2.51. The molecule has 2 rings (SSSR count). The van der Waals surface area contributed by atoms with Crippen molar-refractivity contribution in [3.8, 4) is 0 Å². The summed E-state index contributed by atoms with van der Waals surface area (Å²) in [6.45, 7) is 12.9. The third-order valence-corrected chi connectivity index (χ3v) is 7.67. The minimum absolute atomic E-state index is 0.0572. The van der Waals surface area contributed by atoms with Gasteiger partial charge >= 0.3 is 0 Å². The Kier molecular flexibility index (Phi) is 8.33. The molecule has 0 saturated heterocycles. The van der Waals surface area contributed by atoms with Crippen LogP contribution in [0.25, 0.3) is 0 Å². The smallest absolute Gasteiger partial charge is 0.200 e. The van der Waals surface area contributed by atoms with Gasteiger partial charge in [-0.05, 0) is 54.4 Å². The predicted molar refractivity (Wildman–Crippen MR) is 115 cm³/mol. The monoisotopic (exact) mass is 390 g/mol. The van der Waals surface area contributed by atoms with Crippen LogP contribution in [0.15, 0.2) is 11.3 Å². The van der Waals surface area contributed by atoms with E-state index in [1.807, 2.05) is 6.92 Å². The predicted octanol–water partition coefficient (Wildman–Crippen LogP) is 6.52. The topological polar surface area (TPSA) is 54.4 Å². The molecule has 1 unspecified atom stereocenters. The number of aliphatic hydroxyl groups excluding tert-OH is 1. The third kappa shape index (κ3) is 4.54. The van der Waals surface area contributed by atoms with Gasteiger partial charge in [-0.3, -0.25) is 9.59 Å². The van der Waals surface area contributed by atoms with Crippen molar-refractivity contribution in [1.82, 2.24) is 0 Å². The molecule has 0 aromatic heterocycles. The van der Waals surface area contributed by atoms with Crippen LogP contribution in [-0.2, 0) is 9.59 Å². The molecule has 7 atom stereocenters. The largest absolute Gasteiger partial charge is 0.504 e. The maximum Gasteiger partial charge on any atom is 0.200 e. The molecule has 28 heavy (non-hydrogen) atoms. The van der Waals surface area contributed by atoms with E-state index >= 15 is 0 Å². The summed E-state index contributed by atoms with van der Waals surface area (Å²) in [5, 5.41) is 11.0. The highest BCUT2D eigenvalue weighted by Crippen LogP contribution is 2.53. The van der Waals surface area contributed by atoms with E-state index in [-0.39, 0.29) is 46.9 Å². The summed E-state index contributed by atoms with van der Waals surface area (Å²) in [7, 11) is 0. The van der Waals surface area contributed by atoms with Crippen LogP contribution in [-0.4, -0.2) is 16.7 Å². The molecule has 3 heteroatoms. The molecular formula is C25H42O3. The van der Waals surface area contributed by atoms with E-state index in [4.69, 9.17) is 0 Å². The minimum atomic E-state index is -0.270. The normalized spacial score (nSPS) is 34.3. The van der Waals surface area contributed by atoms with E-state index in [9.17, 15) is 14.7 Å². The van der Waals surface area contributed by atoms with Crippen LogP contribution in [0.5, 0.6) is 0 Å². The lowest BCUT2D eigenvalue weighted by Gasteiger charge is -2.50. The van der Waals surface area contributed by atoms with Crippen molar-refractivity contribution in [2.24, 2.45) is 41.4 Å². The summed E-state index contributed by atoms with van der Waals surface area (Å²) in [5.74, 6) is 0.753. The third-order valence-electron chi connectivity index (χ3n) is 7.67. The van der Waals surface area contributed by atoms with Gasteiger partial charge in [0.05, 0.1) is 0 Å². The molecule has 2 aliphatic carbocycles. The SMILES string of the molecule is CCCCCC[C@@H](C)C1=C(O)C(=O)[C@@H]2[C@H](C)[C@H](C)C[C@H](C)[C@H]2C1C(=O)CCC. The highest BCUT2D eigenvalue weighted by atomic mass is 16.3. The molecular weight excluding hydrogens is 348 g/mol. The van der Waals surface area contributed by atoms with Crippen LogP contribution in [0.1, 0.15) is 92.9 Å². The Morgan fingerprint density at radius 2 is 1.75 bits per heavy atom. The number of carbonyl (C=O) groups excluding carboxylic acids is 2. The lowest BCUT2D eigenvalue weighted by molar-refractivity contribution is -0.138. The molecule has 2 aliphatic rings. The lowest BCUT2D eigenvalue weighted by atomic mass is 9.53. The maximum atomic E-state index is 13.3. The molecule has 0 bridgehead atoms. The van der Waals surface area contributed by atoms with E-state index in [1.165, 1.54) is 19.3 Å². The Bertz CT molecular complexity index is 591. The number of fused-ring (bicyclic) bond motifs is 1. The number of rotatable bonds is 9. The van der Waals surface area contributed by atoms with Gasteiger partial charge in [-0.25, -0.2) is 0 Å². The van der Waals surface area contributed by atoms with Gasteiger partial charge in [0, 0.05) is 18.3 Å². The highest BCUT2D eigenvalue weighted by Gasteiger charge is 2.54. The van der Waals surface area contributed by atoms with Crippen molar-refractivity contribution < 1.29 is 14.7 Å². The molecule has 0 aliphatic heterocycles. The first-order chi connectivity index (χ1) is 13.3. The Labute approximate surface area is 172 Å². The second-order valence-corrected chi connectivity index (χ2v) is 9.77. The van der Waals surface area contributed by atoms with Crippen molar-refractivity contribution in [1.29, 1.82) is 0 Å². The van der Waals surface area contributed by atoms with Gasteiger partial charge in [-0.2, -0.15) is 0 Å². The summed E-state index contributed by atoms with van der Waals surface area (Å²) in [6.07, 6.45) is 8.03. The number of unbranched alkanes of at least 4 members (excludes halogenated alkanes) is 3. The zero-order chi connectivity index (χ0) is 21.0. The van der Waals surface area contributed by atoms with Gasteiger partial charge in [0.25, 0.3) is 0 Å². The molecule has 0 heterocycles. The number of carbonyl (C=O) groups is 2. The second-order valence-electron chi connectivity index (χ2n) is 9.77. The minimum Gasteiger partial charge on any atom is -0.504 e. The zero-order valence-corrected chi connectivity index (χ0v) is 19.0. The van der Waals surface area contributed by atoms with Gasteiger partial charge in [0.15, 0.2) is 5.76 Å². The number of hydrogen-bond donors (Lipinski definition) is 1. The quantitative estimate of drug-likeness (QED) is 0.456. The van der Waals surface area contributed by atoms with E-state index in [0.29, 0.717) is 18.3 Å². The van der Waals surface area contributed by atoms with Crippen LogP contribution in [0, 0.1) is 41.4 Å². The fraction of sp³-hybridized carbons (Fsp3) is 0.840. The van der Waals surface area contributed by atoms with Crippen molar-refractivity contribution in [3.63, 3.8) is 0 Å². The van der Waals surface area contributed by atoms with Gasteiger partial charge in [-0.1, -0.05) is 67.2 Å². The first-order valence-corrected chi connectivity index (χ1v) is 11.8. The molecule has 0 radical (unpaired) electrons. The van der Waals surface area contributed by atoms with Gasteiger partial charge in [0.2, 0.25) is 5.78 Å². The number of Topliss-reactive ketones (excluding diaryl/α,β-unsaturated/α-hetero) is 2. The molecule has 0 amide bonds. The fourth-order valence-corrected chi connectivity index (χ4v) is 5.98. The van der Waals surface area contributed by atoms with Crippen molar-refractivity contribution >= 4 is 11.6 Å². The van der Waals surface area contributed by atoms with Gasteiger partial charge in [0.1, 0.15) is 5.78 Å². The Morgan fingerprint density at radius 1 is 1.07 bits per heavy atom. The molecule has 3 nitrogen and oxygen atoms in total. The van der Waals surface area contributed by atoms with E-state index in [2.05, 4.69) is 34.6 Å². The summed E-state index contributed by atoms with van der Waals surface area (Å²) in [6, 6.07) is 0. The average molecular weight is 391 g/mol. The molecule has 1 N–H and O–H groups in total. The van der Waals surface area contributed by atoms with Crippen LogP contribution in [0.3, 0.4) is 0 Å². The number of allylic oxidation sites excluding steroid dienone is 2. The van der Waals surface area contributed by atoms with Crippen molar-refractivity contribution in [3.05, 3.63) is 11.3 Å². The van der Waals surface area contributed by atoms with Gasteiger partial charge < -0.3 is 5.11 Å². The molecule has 0 aromatic rings. The Balaban J connectivity index is 2.42. The summed E-state index contributed by atoms with van der Waals surface area (Å²) in [5.41, 5.74) is 0.773. The first kappa shape index (κ1) is 23.2. The molecule has 0 aromatic carbocycles. The van der Waals surface area contributed by atoms with Gasteiger partial charge in [-0.15, -0.1) is 0 Å². The molecule has 160 valence electrons. The maximum absolute atomic E-state index is 13.3. The Morgan fingerprint density at radius 3 is 2.36 bits per heavy atom. The average Bonchev–Trinajstić information content (AvgIpc) is 2.65. The number of aliphatic hydroxyl groups is 1. The van der Waals surface area contributed by atoms with Crippen molar-refractivity contribution in [2.45, 2.75) is 92.9 Å². The highest BCUT2D eigenvalue weighted by molar-refractivity contribution is 6.00. The number of hydrogen-bond acceptors (Lipinski definition) is 3.